The van der Waals surface area contributed by atoms with Crippen molar-refractivity contribution in [1.82, 2.24) is 0 Å². The lowest BCUT2D eigenvalue weighted by atomic mass is 10.1. The minimum absolute atomic E-state index is 0. The monoisotopic (exact) mass is 252 g/mol. The predicted octanol–water partition coefficient (Wildman–Crippen LogP) is 3.93. The summed E-state index contributed by atoms with van der Waals surface area (Å²) in [6, 6.07) is 0. The summed E-state index contributed by atoms with van der Waals surface area (Å²) in [6.45, 7) is 7.32. The fourth-order valence-corrected chi connectivity index (χ4v) is 0.754. The number of unbranched alkanes of at least 4 members (excludes halogenated alkanes) is 4. The van der Waals surface area contributed by atoms with Gasteiger partial charge in [0.25, 0.3) is 0 Å². The number of hydrogen-bond acceptors (Lipinski definition) is 0. The molecule has 0 rings (SSSR count). The average molecular weight is 252 g/mol. The Morgan fingerprint density at radius 3 is 1.50 bits per heavy atom. The lowest BCUT2D eigenvalue weighted by Crippen LogP contribution is -1.72. The van der Waals surface area contributed by atoms with Crippen LogP contribution in [-0.4, -0.2) is 0 Å². The Kier molecular flexibility index (Phi) is 15.3. The Morgan fingerprint density at radius 1 is 0.800 bits per heavy atom. The molecule has 0 unspecified atom stereocenters. The van der Waals surface area contributed by atoms with E-state index in [1.165, 1.54) is 19.3 Å². The molecule has 0 aliphatic rings. The van der Waals surface area contributed by atoms with E-state index >= 15 is 0 Å². The van der Waals surface area contributed by atoms with Crippen molar-refractivity contribution in [2.75, 3.05) is 0 Å². The highest BCUT2D eigenvalue weighted by molar-refractivity contribution is 14.0. The molecule has 0 bridgehead atoms. The largest absolute Gasteiger partial charge is 0.107 e. The number of allylic oxidation sites excluding steroid dienone is 2. The molecule has 0 N–H and O–H groups in total. The smallest absolute Gasteiger partial charge is 0.0353 e. The van der Waals surface area contributed by atoms with Crippen LogP contribution in [0.5, 0.6) is 0 Å². The first-order chi connectivity index (χ1) is 4.41. The molecule has 0 aromatic heterocycles. The van der Waals surface area contributed by atoms with E-state index in [1.807, 2.05) is 12.2 Å². The maximum atomic E-state index is 3.66. The zero-order valence-corrected chi connectivity index (χ0v) is 8.84. The summed E-state index contributed by atoms with van der Waals surface area (Å²) in [7, 11) is 0. The van der Waals surface area contributed by atoms with E-state index in [0.29, 0.717) is 0 Å². The summed E-state index contributed by atoms with van der Waals surface area (Å²) >= 11 is 0. The predicted molar refractivity (Wildman–Crippen MR) is 58.9 cm³/mol. The molecule has 1 heteroatoms. The van der Waals surface area contributed by atoms with Crippen molar-refractivity contribution < 1.29 is 0 Å². The summed E-state index contributed by atoms with van der Waals surface area (Å²) < 4.78 is 0. The summed E-state index contributed by atoms with van der Waals surface area (Å²) in [6.07, 6.45) is 10.2. The highest BCUT2D eigenvalue weighted by Crippen LogP contribution is 2.02. The Labute approximate surface area is 81.4 Å². The molecule has 0 aromatic carbocycles. The van der Waals surface area contributed by atoms with Crippen molar-refractivity contribution in [2.24, 2.45) is 0 Å². The third-order valence-corrected chi connectivity index (χ3v) is 1.32. The summed E-state index contributed by atoms with van der Waals surface area (Å²) in [5.41, 5.74) is 0. The third kappa shape index (κ3) is 11.1. The van der Waals surface area contributed by atoms with Crippen LogP contribution in [0, 0.1) is 0 Å². The van der Waals surface area contributed by atoms with Gasteiger partial charge in [0.05, 0.1) is 0 Å². The Bertz CT molecular complexity index is 66.8. The van der Waals surface area contributed by atoms with E-state index in [1.54, 1.807) is 0 Å². The fourth-order valence-electron chi connectivity index (χ4n) is 0.754. The summed E-state index contributed by atoms with van der Waals surface area (Å²) in [5, 5.41) is 0. The van der Waals surface area contributed by atoms with Crippen LogP contribution in [0.4, 0.5) is 0 Å². The molecule has 0 amide bonds. The standard InChI is InChI=1S/C9H16.HI/c1-3-5-7-9-8-6-4-2;/h3-4H,1-2,5-9H2;1H. The minimum atomic E-state index is 0. The molecular weight excluding hydrogens is 235 g/mol. The number of halogens is 1. The Balaban J connectivity index is 0. The molecule has 0 atom stereocenters. The molecule has 0 fully saturated rings. The normalized spacial score (nSPS) is 8.00. The average Bonchev–Trinajstić information content (AvgIpc) is 1.89. The van der Waals surface area contributed by atoms with Crippen molar-refractivity contribution in [3.8, 4) is 0 Å². The van der Waals surface area contributed by atoms with Gasteiger partial charge in [0.1, 0.15) is 0 Å². The Morgan fingerprint density at radius 2 is 1.20 bits per heavy atom. The molecule has 60 valence electrons. The molecule has 0 aliphatic carbocycles. The van der Waals surface area contributed by atoms with E-state index < -0.39 is 0 Å². The second-order valence-electron chi connectivity index (χ2n) is 2.22. The highest BCUT2D eigenvalue weighted by atomic mass is 127. The van der Waals surface area contributed by atoms with E-state index in [-0.39, 0.29) is 24.0 Å². The molecule has 0 aromatic rings. The number of rotatable bonds is 6. The van der Waals surface area contributed by atoms with Crippen molar-refractivity contribution in [3.63, 3.8) is 0 Å². The van der Waals surface area contributed by atoms with Gasteiger partial charge in [-0.2, -0.15) is 0 Å². The van der Waals surface area contributed by atoms with Gasteiger partial charge >= 0.3 is 0 Å². The molecule has 0 saturated heterocycles. The minimum Gasteiger partial charge on any atom is -0.107 e. The van der Waals surface area contributed by atoms with Crippen molar-refractivity contribution >= 4 is 24.0 Å². The molecule has 0 saturated carbocycles. The first kappa shape index (κ1) is 12.8. The molecule has 10 heavy (non-hydrogen) atoms. The SMILES string of the molecule is C=CCCCCCC=C.I. The van der Waals surface area contributed by atoms with E-state index in [4.69, 9.17) is 0 Å². The summed E-state index contributed by atoms with van der Waals surface area (Å²) in [4.78, 5) is 0. The maximum absolute atomic E-state index is 3.66. The quantitative estimate of drug-likeness (QED) is 0.381. The first-order valence-electron chi connectivity index (χ1n) is 3.63. The summed E-state index contributed by atoms with van der Waals surface area (Å²) in [5.74, 6) is 0. The molecular formula is C9H17I. The molecule has 0 spiro atoms. The van der Waals surface area contributed by atoms with Crippen LogP contribution >= 0.6 is 24.0 Å². The van der Waals surface area contributed by atoms with Crippen molar-refractivity contribution in [3.05, 3.63) is 25.3 Å². The van der Waals surface area contributed by atoms with E-state index in [0.717, 1.165) is 12.8 Å². The van der Waals surface area contributed by atoms with Crippen molar-refractivity contribution in [1.29, 1.82) is 0 Å². The fraction of sp³-hybridized carbons (Fsp3) is 0.556. The zero-order valence-electron chi connectivity index (χ0n) is 6.51. The molecule has 0 aliphatic heterocycles. The van der Waals surface area contributed by atoms with Crippen LogP contribution in [-0.2, 0) is 0 Å². The van der Waals surface area contributed by atoms with Gasteiger partial charge in [0, 0.05) is 0 Å². The molecule has 0 heterocycles. The second-order valence-corrected chi connectivity index (χ2v) is 2.22. The topological polar surface area (TPSA) is 0 Å². The molecule has 0 radical (unpaired) electrons. The first-order valence-corrected chi connectivity index (χ1v) is 3.63. The third-order valence-electron chi connectivity index (χ3n) is 1.32. The Hall–Kier alpha value is 0.210. The van der Waals surface area contributed by atoms with Gasteiger partial charge in [-0.05, 0) is 25.7 Å². The van der Waals surface area contributed by atoms with E-state index in [2.05, 4.69) is 13.2 Å². The van der Waals surface area contributed by atoms with Crippen LogP contribution in [0.15, 0.2) is 25.3 Å². The van der Waals surface area contributed by atoms with Crippen LogP contribution < -0.4 is 0 Å². The number of hydrogen-bond donors (Lipinski definition) is 0. The van der Waals surface area contributed by atoms with Crippen molar-refractivity contribution in [2.45, 2.75) is 32.1 Å². The lowest BCUT2D eigenvalue weighted by Gasteiger charge is -1.92. The van der Waals surface area contributed by atoms with Gasteiger partial charge in [-0.1, -0.05) is 18.6 Å². The van der Waals surface area contributed by atoms with Gasteiger partial charge in [0.15, 0.2) is 0 Å². The van der Waals surface area contributed by atoms with Crippen LogP contribution in [0.3, 0.4) is 0 Å². The molecule has 0 nitrogen and oxygen atoms in total. The maximum Gasteiger partial charge on any atom is -0.0353 e. The van der Waals surface area contributed by atoms with Gasteiger partial charge in [-0.25, -0.2) is 0 Å². The van der Waals surface area contributed by atoms with E-state index in [9.17, 15) is 0 Å². The van der Waals surface area contributed by atoms with Gasteiger partial charge in [0.2, 0.25) is 0 Å². The van der Waals surface area contributed by atoms with Gasteiger partial charge in [-0.15, -0.1) is 37.1 Å². The second kappa shape index (κ2) is 11.9. The van der Waals surface area contributed by atoms with Gasteiger partial charge < -0.3 is 0 Å². The lowest BCUT2D eigenvalue weighted by molar-refractivity contribution is 0.697. The van der Waals surface area contributed by atoms with Crippen LogP contribution in [0.25, 0.3) is 0 Å². The highest BCUT2D eigenvalue weighted by Gasteiger charge is 1.82. The zero-order chi connectivity index (χ0) is 6.95. The van der Waals surface area contributed by atoms with Crippen LogP contribution in [0.2, 0.25) is 0 Å². The van der Waals surface area contributed by atoms with Gasteiger partial charge in [-0.3, -0.25) is 0 Å². The van der Waals surface area contributed by atoms with Crippen LogP contribution in [0.1, 0.15) is 32.1 Å².